The van der Waals surface area contributed by atoms with Crippen LogP contribution in [0, 0.1) is 0 Å². The van der Waals surface area contributed by atoms with Gasteiger partial charge in [-0.1, -0.05) is 5.73 Å². The third kappa shape index (κ3) is 3.03. The van der Waals surface area contributed by atoms with Crippen LogP contribution in [0.4, 0.5) is 0 Å². The van der Waals surface area contributed by atoms with E-state index in [0.29, 0.717) is 0 Å². The van der Waals surface area contributed by atoms with E-state index in [2.05, 4.69) is 17.5 Å². The van der Waals surface area contributed by atoms with E-state index in [1.54, 1.807) is 0 Å². The van der Waals surface area contributed by atoms with Crippen molar-refractivity contribution in [3.63, 3.8) is 0 Å². The fourth-order valence-corrected chi connectivity index (χ4v) is 0.0354. The van der Waals surface area contributed by atoms with E-state index in [9.17, 15) is 0 Å². The zero-order chi connectivity index (χ0) is 4.12. The fraction of sp³-hybridized carbons (Fsp3) is 0. The predicted octanol–water partition coefficient (Wildman–Crippen LogP) is 0.386. The Labute approximate surface area is 29.7 Å². The summed E-state index contributed by atoms with van der Waals surface area (Å²) in [5, 5.41) is 9.91. The molecule has 0 radical (unpaired) electrons. The molecule has 0 rings (SSSR count). The van der Waals surface area contributed by atoms with E-state index in [-0.39, 0.29) is 0 Å². The number of hydrogen-bond acceptors (Lipinski definition) is 2. The maximum Gasteiger partial charge on any atom is 0.0795 e. The van der Waals surface area contributed by atoms with Crippen LogP contribution in [-0.2, 0) is 0 Å². The van der Waals surface area contributed by atoms with Crippen LogP contribution in [0.3, 0.4) is 0 Å². The molecule has 0 atom stereocenters. The molecular formula is C3H3NO. The molecule has 0 fully saturated rings. The smallest absolute Gasteiger partial charge is 0.0795 e. The first kappa shape index (κ1) is 4.03. The van der Waals surface area contributed by atoms with E-state index >= 15 is 0 Å². The van der Waals surface area contributed by atoms with Crippen LogP contribution in [0.1, 0.15) is 0 Å². The first-order valence-electron chi connectivity index (χ1n) is 1.03. The Morgan fingerprint density at radius 2 is 2.40 bits per heavy atom. The average Bonchev–Trinajstić information content (AvgIpc) is 1.41. The van der Waals surface area contributed by atoms with Gasteiger partial charge in [0, 0.05) is 0 Å². The van der Waals surface area contributed by atoms with Crippen molar-refractivity contribution in [1.82, 2.24) is 0 Å². The third-order valence-electron chi connectivity index (χ3n) is 0.129. The molecule has 0 bridgehead atoms. The lowest BCUT2D eigenvalue weighted by Gasteiger charge is -1.46. The molecule has 0 aromatic carbocycles. The molecule has 0 saturated carbocycles. The summed E-state index contributed by atoms with van der Waals surface area (Å²) in [6.45, 7) is 3.06. The van der Waals surface area contributed by atoms with Crippen LogP contribution < -0.4 is 0 Å². The minimum absolute atomic E-state index is 1.93. The average molecular weight is 69.1 g/mol. The quantitative estimate of drug-likeness (QED) is 0.190. The van der Waals surface area contributed by atoms with Gasteiger partial charge in [-0.15, -0.1) is 0 Å². The van der Waals surface area contributed by atoms with Crippen LogP contribution >= 0.6 is 0 Å². The Hall–Kier alpha value is -0.970. The summed E-state index contributed by atoms with van der Waals surface area (Å²) in [6, 6.07) is 0. The SMILES string of the molecule is C=C=C=NO. The Morgan fingerprint density at radius 1 is 1.80 bits per heavy atom. The van der Waals surface area contributed by atoms with Gasteiger partial charge in [-0.05, 0) is 11.7 Å². The topological polar surface area (TPSA) is 32.6 Å². The molecule has 0 aromatic rings. The van der Waals surface area contributed by atoms with Gasteiger partial charge in [-0.3, -0.25) is 0 Å². The highest BCUT2D eigenvalue weighted by atomic mass is 16.4. The molecule has 0 aliphatic carbocycles. The van der Waals surface area contributed by atoms with Crippen LogP contribution in [0.2, 0.25) is 0 Å². The van der Waals surface area contributed by atoms with E-state index in [1.165, 1.54) is 0 Å². The highest BCUT2D eigenvalue weighted by Crippen LogP contribution is 1.33. The molecule has 0 unspecified atom stereocenters. The Balaban J connectivity index is 3.75. The second-order valence-electron chi connectivity index (χ2n) is 0.389. The van der Waals surface area contributed by atoms with Crippen LogP contribution in [-0.4, -0.2) is 11.1 Å². The van der Waals surface area contributed by atoms with Crippen LogP contribution in [0.5, 0.6) is 0 Å². The predicted molar refractivity (Wildman–Crippen MR) is 18.4 cm³/mol. The molecule has 0 spiro atoms. The van der Waals surface area contributed by atoms with Crippen molar-refractivity contribution >= 4 is 5.87 Å². The van der Waals surface area contributed by atoms with Gasteiger partial charge in [0.05, 0.1) is 5.87 Å². The Kier molecular flexibility index (Phi) is 2.44. The monoisotopic (exact) mass is 69.0 g/mol. The summed E-state index contributed by atoms with van der Waals surface area (Å²) in [5.74, 6) is 1.93. The summed E-state index contributed by atoms with van der Waals surface area (Å²) in [5.41, 5.74) is 2.10. The van der Waals surface area contributed by atoms with Gasteiger partial charge >= 0.3 is 0 Å². The summed E-state index contributed by atoms with van der Waals surface area (Å²) < 4.78 is 0. The van der Waals surface area contributed by atoms with Gasteiger partial charge < -0.3 is 5.21 Å². The highest BCUT2D eigenvalue weighted by Gasteiger charge is 1.29. The maximum absolute atomic E-state index is 7.48. The molecule has 2 nitrogen and oxygen atoms in total. The molecule has 0 saturated heterocycles. The largest absolute Gasteiger partial charge is 0.403 e. The van der Waals surface area contributed by atoms with Crippen LogP contribution in [0.15, 0.2) is 17.5 Å². The Morgan fingerprint density at radius 3 is 2.40 bits per heavy atom. The summed E-state index contributed by atoms with van der Waals surface area (Å²) in [4.78, 5) is 0. The van der Waals surface area contributed by atoms with Crippen molar-refractivity contribution in [1.29, 1.82) is 0 Å². The second kappa shape index (κ2) is 3.03. The third-order valence-corrected chi connectivity index (χ3v) is 0.129. The van der Waals surface area contributed by atoms with Gasteiger partial charge in [0.2, 0.25) is 0 Å². The number of hydrogen-bond donors (Lipinski definition) is 1. The molecule has 2 heteroatoms. The van der Waals surface area contributed by atoms with Gasteiger partial charge in [-0.2, -0.15) is 0 Å². The first-order valence-corrected chi connectivity index (χ1v) is 1.03. The second-order valence-corrected chi connectivity index (χ2v) is 0.389. The first-order chi connectivity index (χ1) is 2.41. The zero-order valence-corrected chi connectivity index (χ0v) is 2.60. The normalized spacial score (nSPS) is 4.00. The van der Waals surface area contributed by atoms with Crippen molar-refractivity contribution < 1.29 is 5.21 Å². The molecule has 0 heterocycles. The molecule has 1 N–H and O–H groups in total. The lowest BCUT2D eigenvalue weighted by atomic mass is 11.0. The van der Waals surface area contributed by atoms with Gasteiger partial charge in [-0.25, -0.2) is 0 Å². The van der Waals surface area contributed by atoms with E-state index < -0.39 is 0 Å². The molecule has 0 aliphatic heterocycles. The van der Waals surface area contributed by atoms with E-state index in [0.717, 1.165) is 0 Å². The fourth-order valence-electron chi connectivity index (χ4n) is 0.0354. The van der Waals surface area contributed by atoms with Gasteiger partial charge in [0.25, 0.3) is 0 Å². The lowest BCUT2D eigenvalue weighted by molar-refractivity contribution is 0.323. The maximum atomic E-state index is 7.48. The van der Waals surface area contributed by atoms with Gasteiger partial charge in [0.1, 0.15) is 0 Å². The minimum Gasteiger partial charge on any atom is -0.403 e. The van der Waals surface area contributed by atoms with Crippen molar-refractivity contribution in [2.45, 2.75) is 0 Å². The van der Waals surface area contributed by atoms with Crippen LogP contribution in [0.25, 0.3) is 0 Å². The van der Waals surface area contributed by atoms with Gasteiger partial charge in [0.15, 0.2) is 0 Å². The lowest BCUT2D eigenvalue weighted by Crippen LogP contribution is -1.40. The molecule has 0 aliphatic rings. The molecule has 0 aromatic heterocycles. The summed E-state index contributed by atoms with van der Waals surface area (Å²) in [7, 11) is 0. The van der Waals surface area contributed by atoms with Crippen molar-refractivity contribution in [2.24, 2.45) is 5.16 Å². The number of rotatable bonds is 0. The number of nitrogens with zero attached hydrogens (tertiary/aromatic N) is 1. The standard InChI is InChI=1S/C3H3NO/c1-2-3-4-5/h5H,1H2. The Bertz CT molecular complexity index is 85.1. The zero-order valence-electron chi connectivity index (χ0n) is 2.60. The minimum atomic E-state index is 1.93. The highest BCUT2D eigenvalue weighted by molar-refractivity contribution is 5.48. The van der Waals surface area contributed by atoms with Crippen molar-refractivity contribution in [2.75, 3.05) is 0 Å². The van der Waals surface area contributed by atoms with Crippen molar-refractivity contribution in [3.8, 4) is 0 Å². The summed E-state index contributed by atoms with van der Waals surface area (Å²) in [6.07, 6.45) is 0. The van der Waals surface area contributed by atoms with E-state index in [1.807, 2.05) is 5.87 Å². The summed E-state index contributed by atoms with van der Waals surface area (Å²) >= 11 is 0. The van der Waals surface area contributed by atoms with E-state index in [4.69, 9.17) is 5.21 Å². The molecule has 0 amide bonds. The molecule has 5 heavy (non-hydrogen) atoms. The van der Waals surface area contributed by atoms with Crippen molar-refractivity contribution in [3.05, 3.63) is 12.3 Å². The molecular weight excluding hydrogens is 66.0 g/mol. The molecule has 26 valence electrons.